The summed E-state index contributed by atoms with van der Waals surface area (Å²) in [6.07, 6.45) is 9.03. The van der Waals surface area contributed by atoms with E-state index in [9.17, 15) is 0 Å². The van der Waals surface area contributed by atoms with Crippen molar-refractivity contribution in [3.8, 4) is 0 Å². The van der Waals surface area contributed by atoms with Gasteiger partial charge < -0.3 is 5.73 Å². The Bertz CT molecular complexity index is 455. The van der Waals surface area contributed by atoms with Gasteiger partial charge in [-0.3, -0.25) is 0 Å². The predicted molar refractivity (Wildman–Crippen MR) is 64.6 cm³/mol. The second kappa shape index (κ2) is 3.04. The fourth-order valence-corrected chi connectivity index (χ4v) is 5.15. The Hall–Kier alpha value is -0.610. The topological polar surface area (TPSA) is 56.7 Å². The minimum Gasteiger partial charge on any atom is -0.325 e. The summed E-state index contributed by atoms with van der Waals surface area (Å²) in [6.45, 7) is 0. The van der Waals surface area contributed by atoms with E-state index >= 15 is 0 Å². The largest absolute Gasteiger partial charge is 0.325 e. The van der Waals surface area contributed by atoms with E-state index in [0.29, 0.717) is 5.28 Å². The third-order valence-electron chi connectivity index (χ3n) is 5.03. The molecule has 5 rings (SSSR count). The molecular weight excluding hydrogens is 236 g/mol. The summed E-state index contributed by atoms with van der Waals surface area (Å²) in [6, 6.07) is 0. The van der Waals surface area contributed by atoms with Crippen molar-refractivity contribution in [2.75, 3.05) is 0 Å². The van der Waals surface area contributed by atoms with E-state index in [1.165, 1.54) is 32.1 Å². The first kappa shape index (κ1) is 10.3. The van der Waals surface area contributed by atoms with E-state index < -0.39 is 0 Å². The molecule has 2 N–H and O–H groups in total. The molecule has 0 spiro atoms. The Kier molecular flexibility index (Phi) is 1.84. The van der Waals surface area contributed by atoms with Crippen molar-refractivity contribution in [1.29, 1.82) is 0 Å². The van der Waals surface area contributed by atoms with E-state index in [2.05, 4.69) is 10.1 Å². The van der Waals surface area contributed by atoms with Gasteiger partial charge in [0.2, 0.25) is 5.28 Å². The molecule has 4 saturated carbocycles. The lowest BCUT2D eigenvalue weighted by Crippen LogP contribution is -2.63. The molecular formula is C12H17ClN4. The first-order valence-corrected chi connectivity index (χ1v) is 6.81. The van der Waals surface area contributed by atoms with Crippen LogP contribution in [0.1, 0.15) is 38.5 Å². The highest BCUT2D eigenvalue weighted by atomic mass is 35.5. The zero-order valence-corrected chi connectivity index (χ0v) is 10.5. The van der Waals surface area contributed by atoms with Gasteiger partial charge in [0, 0.05) is 5.54 Å². The molecule has 1 aromatic heterocycles. The van der Waals surface area contributed by atoms with Gasteiger partial charge in [-0.15, -0.1) is 5.10 Å². The molecule has 4 bridgehead atoms. The second-order valence-corrected chi connectivity index (χ2v) is 6.84. The summed E-state index contributed by atoms with van der Waals surface area (Å²) in [4.78, 5) is 4.07. The summed E-state index contributed by atoms with van der Waals surface area (Å²) in [7, 11) is 0. The molecule has 5 heteroatoms. The van der Waals surface area contributed by atoms with Crippen molar-refractivity contribution >= 4 is 11.6 Å². The van der Waals surface area contributed by atoms with Gasteiger partial charge in [0.15, 0.2) is 0 Å². The van der Waals surface area contributed by atoms with Gasteiger partial charge in [-0.25, -0.2) is 9.67 Å². The van der Waals surface area contributed by atoms with Gasteiger partial charge in [0.05, 0.1) is 5.54 Å². The van der Waals surface area contributed by atoms with Crippen molar-refractivity contribution in [2.45, 2.75) is 49.6 Å². The van der Waals surface area contributed by atoms with Crippen molar-refractivity contribution in [2.24, 2.45) is 17.6 Å². The molecule has 0 saturated heterocycles. The van der Waals surface area contributed by atoms with Crippen LogP contribution < -0.4 is 5.73 Å². The molecule has 0 amide bonds. The fourth-order valence-electron chi connectivity index (χ4n) is 5.02. The Morgan fingerprint density at radius 2 is 2.00 bits per heavy atom. The van der Waals surface area contributed by atoms with Crippen molar-refractivity contribution in [3.05, 3.63) is 11.6 Å². The maximum absolute atomic E-state index is 6.56. The standard InChI is InChI=1S/C12H17ClN4/c13-10-15-7-17(16-10)12-4-8-1-9(5-12)3-11(14,2-8)6-12/h7-9H,1-6,14H2/t8-,9-,11?,12?/m1/s1. The van der Waals surface area contributed by atoms with Crippen LogP contribution in [0.4, 0.5) is 0 Å². The first-order valence-electron chi connectivity index (χ1n) is 6.44. The fraction of sp³-hybridized carbons (Fsp3) is 0.833. The Morgan fingerprint density at radius 1 is 1.29 bits per heavy atom. The number of hydrogen-bond acceptors (Lipinski definition) is 3. The molecule has 0 unspecified atom stereocenters. The van der Waals surface area contributed by atoms with Gasteiger partial charge in [-0.05, 0) is 62.0 Å². The van der Waals surface area contributed by atoms with Crippen LogP contribution in [-0.4, -0.2) is 20.3 Å². The highest BCUT2D eigenvalue weighted by Crippen LogP contribution is 2.59. The van der Waals surface area contributed by atoms with E-state index in [1.807, 2.05) is 4.68 Å². The van der Waals surface area contributed by atoms with E-state index in [0.717, 1.165) is 18.3 Å². The van der Waals surface area contributed by atoms with Crippen molar-refractivity contribution in [1.82, 2.24) is 14.8 Å². The van der Waals surface area contributed by atoms with Crippen LogP contribution in [0.15, 0.2) is 6.33 Å². The zero-order valence-electron chi connectivity index (χ0n) is 9.77. The molecule has 4 fully saturated rings. The van der Waals surface area contributed by atoms with Gasteiger partial charge in [0.25, 0.3) is 0 Å². The van der Waals surface area contributed by atoms with Gasteiger partial charge in [-0.2, -0.15) is 0 Å². The number of aromatic nitrogens is 3. The van der Waals surface area contributed by atoms with Crippen LogP contribution in [0.5, 0.6) is 0 Å². The quantitative estimate of drug-likeness (QED) is 0.831. The maximum atomic E-state index is 6.56. The maximum Gasteiger partial charge on any atom is 0.242 e. The highest BCUT2D eigenvalue weighted by molar-refractivity contribution is 6.28. The molecule has 0 aliphatic heterocycles. The minimum atomic E-state index is 0.0442. The SMILES string of the molecule is NC12C[C@H]3C[C@H](C1)CC(n1cnc(Cl)n1)(C3)C2. The number of nitrogens with zero attached hydrogens (tertiary/aromatic N) is 3. The Balaban J connectivity index is 1.79. The molecule has 4 aliphatic carbocycles. The number of hydrogen-bond donors (Lipinski definition) is 1. The van der Waals surface area contributed by atoms with Crippen LogP contribution in [-0.2, 0) is 5.54 Å². The van der Waals surface area contributed by atoms with Crippen LogP contribution in [0.3, 0.4) is 0 Å². The number of nitrogens with two attached hydrogens (primary N) is 1. The average Bonchev–Trinajstić information content (AvgIpc) is 2.61. The third kappa shape index (κ3) is 1.40. The van der Waals surface area contributed by atoms with Crippen LogP contribution in [0.2, 0.25) is 5.28 Å². The predicted octanol–water partition coefficient (Wildman–Crippen LogP) is 1.94. The van der Waals surface area contributed by atoms with Crippen LogP contribution in [0.25, 0.3) is 0 Å². The molecule has 0 radical (unpaired) electrons. The summed E-state index contributed by atoms with van der Waals surface area (Å²) in [5, 5.41) is 4.70. The average molecular weight is 253 g/mol. The smallest absolute Gasteiger partial charge is 0.242 e. The molecule has 92 valence electrons. The van der Waals surface area contributed by atoms with Gasteiger partial charge in [0.1, 0.15) is 6.33 Å². The number of rotatable bonds is 1. The molecule has 4 nitrogen and oxygen atoms in total. The summed E-state index contributed by atoms with van der Waals surface area (Å²) in [5.74, 6) is 1.56. The lowest BCUT2D eigenvalue weighted by atomic mass is 9.50. The second-order valence-electron chi connectivity index (χ2n) is 6.51. The Morgan fingerprint density at radius 3 is 2.53 bits per heavy atom. The Labute approximate surface area is 106 Å². The normalized spacial score (nSPS) is 47.6. The molecule has 4 aliphatic rings. The van der Waals surface area contributed by atoms with Crippen molar-refractivity contribution < 1.29 is 0 Å². The zero-order chi connectivity index (χ0) is 11.7. The van der Waals surface area contributed by atoms with Crippen LogP contribution >= 0.6 is 11.6 Å². The van der Waals surface area contributed by atoms with E-state index in [1.54, 1.807) is 6.33 Å². The van der Waals surface area contributed by atoms with E-state index in [-0.39, 0.29) is 11.1 Å². The van der Waals surface area contributed by atoms with Gasteiger partial charge >= 0.3 is 0 Å². The van der Waals surface area contributed by atoms with Gasteiger partial charge in [-0.1, -0.05) is 0 Å². The van der Waals surface area contributed by atoms with Crippen molar-refractivity contribution in [3.63, 3.8) is 0 Å². The summed E-state index contributed by atoms with van der Waals surface area (Å²) < 4.78 is 2.01. The number of halogens is 1. The molecule has 1 aromatic rings. The molecule has 1 heterocycles. The molecule has 2 atom stereocenters. The highest BCUT2D eigenvalue weighted by Gasteiger charge is 2.57. The lowest BCUT2D eigenvalue weighted by Gasteiger charge is -2.60. The molecule has 17 heavy (non-hydrogen) atoms. The first-order chi connectivity index (χ1) is 8.07. The monoisotopic (exact) mass is 252 g/mol. The summed E-state index contributed by atoms with van der Waals surface area (Å²) >= 11 is 5.86. The van der Waals surface area contributed by atoms with E-state index in [4.69, 9.17) is 17.3 Å². The summed E-state index contributed by atoms with van der Waals surface area (Å²) in [5.41, 5.74) is 6.71. The minimum absolute atomic E-state index is 0.0442. The van der Waals surface area contributed by atoms with Crippen LogP contribution in [0, 0.1) is 11.8 Å². The third-order valence-corrected chi connectivity index (χ3v) is 5.20. The molecule has 0 aromatic carbocycles. The lowest BCUT2D eigenvalue weighted by molar-refractivity contribution is -0.0636.